The highest BCUT2D eigenvalue weighted by atomic mass is 35.5. The standard InChI is InChI=1S/C15H23N3O2S.2ClH/c1-11-10-21-15(17-11)13-4-2-3-6-18(13)14(19)8-12-9-20-7-5-16-12;;/h10,12-13,16H,2-9H2,1H3;2*1H. The number of halogens is 2. The quantitative estimate of drug-likeness (QED) is 0.874. The summed E-state index contributed by atoms with van der Waals surface area (Å²) in [5, 5.41) is 6.53. The van der Waals surface area contributed by atoms with E-state index in [4.69, 9.17) is 4.74 Å². The highest BCUT2D eigenvalue weighted by Gasteiger charge is 2.31. The zero-order chi connectivity index (χ0) is 14.7. The molecule has 2 aliphatic rings. The average molecular weight is 382 g/mol. The number of aryl methyl sites for hydroxylation is 1. The van der Waals surface area contributed by atoms with Crippen LogP contribution in [-0.2, 0) is 9.53 Å². The van der Waals surface area contributed by atoms with Crippen LogP contribution in [0.3, 0.4) is 0 Å². The van der Waals surface area contributed by atoms with Gasteiger partial charge in [-0.05, 0) is 26.2 Å². The molecule has 23 heavy (non-hydrogen) atoms. The summed E-state index contributed by atoms with van der Waals surface area (Å²) >= 11 is 1.68. The van der Waals surface area contributed by atoms with Gasteiger partial charge in [-0.2, -0.15) is 0 Å². The number of ether oxygens (including phenoxy) is 1. The number of likely N-dealkylation sites (tertiary alicyclic amines) is 1. The third-order valence-electron chi connectivity index (χ3n) is 4.16. The maximum Gasteiger partial charge on any atom is 0.224 e. The maximum atomic E-state index is 12.7. The topological polar surface area (TPSA) is 54.5 Å². The average Bonchev–Trinajstić information content (AvgIpc) is 2.95. The predicted molar refractivity (Wildman–Crippen MR) is 96.9 cm³/mol. The fourth-order valence-electron chi connectivity index (χ4n) is 3.09. The summed E-state index contributed by atoms with van der Waals surface area (Å²) in [5.41, 5.74) is 1.05. The minimum absolute atomic E-state index is 0. The molecule has 1 amide bonds. The summed E-state index contributed by atoms with van der Waals surface area (Å²) in [5.74, 6) is 0.232. The minimum atomic E-state index is 0. The monoisotopic (exact) mass is 381 g/mol. The summed E-state index contributed by atoms with van der Waals surface area (Å²) in [6, 6.07) is 0.335. The molecule has 2 unspecified atom stereocenters. The molecule has 1 aromatic heterocycles. The molecule has 1 aromatic rings. The van der Waals surface area contributed by atoms with Gasteiger partial charge in [0.25, 0.3) is 0 Å². The van der Waals surface area contributed by atoms with Gasteiger partial charge in [0.15, 0.2) is 0 Å². The van der Waals surface area contributed by atoms with E-state index in [0.717, 1.165) is 43.2 Å². The van der Waals surface area contributed by atoms with Crippen molar-refractivity contribution in [1.29, 1.82) is 0 Å². The van der Waals surface area contributed by atoms with Crippen molar-refractivity contribution in [2.45, 2.75) is 44.7 Å². The summed E-state index contributed by atoms with van der Waals surface area (Å²) < 4.78 is 5.44. The number of amides is 1. The number of nitrogens with one attached hydrogen (secondary N) is 1. The fourth-order valence-corrected chi connectivity index (χ4v) is 4.03. The smallest absolute Gasteiger partial charge is 0.224 e. The Balaban J connectivity index is 0.00000132. The SMILES string of the molecule is Cc1csc(C2CCCCN2C(=O)CC2COCCN2)n1.Cl.Cl. The molecule has 0 aliphatic carbocycles. The highest BCUT2D eigenvalue weighted by Crippen LogP contribution is 2.33. The van der Waals surface area contributed by atoms with Gasteiger partial charge in [-0.25, -0.2) is 4.98 Å². The van der Waals surface area contributed by atoms with E-state index in [0.29, 0.717) is 13.0 Å². The van der Waals surface area contributed by atoms with Crippen molar-refractivity contribution in [3.05, 3.63) is 16.1 Å². The lowest BCUT2D eigenvalue weighted by molar-refractivity contribution is -0.136. The molecule has 0 spiro atoms. The Bertz CT molecular complexity index is 495. The second-order valence-corrected chi connectivity index (χ2v) is 6.75. The normalized spacial score (nSPS) is 24.5. The molecule has 0 radical (unpaired) electrons. The first-order valence-corrected chi connectivity index (χ1v) is 8.64. The van der Waals surface area contributed by atoms with Gasteiger partial charge in [-0.1, -0.05) is 0 Å². The van der Waals surface area contributed by atoms with Crippen molar-refractivity contribution in [2.75, 3.05) is 26.3 Å². The van der Waals surface area contributed by atoms with Crippen molar-refractivity contribution < 1.29 is 9.53 Å². The van der Waals surface area contributed by atoms with Crippen LogP contribution in [0.1, 0.15) is 42.4 Å². The maximum absolute atomic E-state index is 12.7. The Kier molecular flexibility index (Phi) is 8.79. The minimum Gasteiger partial charge on any atom is -0.378 e. The van der Waals surface area contributed by atoms with Gasteiger partial charge >= 0.3 is 0 Å². The summed E-state index contributed by atoms with van der Waals surface area (Å²) in [6.45, 7) is 5.09. The fraction of sp³-hybridized carbons (Fsp3) is 0.733. The zero-order valence-electron chi connectivity index (χ0n) is 13.3. The third-order valence-corrected chi connectivity index (χ3v) is 5.23. The Morgan fingerprint density at radius 3 is 2.96 bits per heavy atom. The molecule has 1 N–H and O–H groups in total. The van der Waals surface area contributed by atoms with E-state index in [-0.39, 0.29) is 42.8 Å². The molecule has 132 valence electrons. The number of hydrogen-bond donors (Lipinski definition) is 1. The van der Waals surface area contributed by atoms with E-state index in [1.165, 1.54) is 6.42 Å². The molecule has 0 bridgehead atoms. The molecule has 3 rings (SSSR count). The van der Waals surface area contributed by atoms with Crippen LogP contribution in [0, 0.1) is 6.92 Å². The van der Waals surface area contributed by atoms with E-state index in [1.54, 1.807) is 11.3 Å². The number of nitrogens with zero attached hydrogens (tertiary/aromatic N) is 2. The van der Waals surface area contributed by atoms with Gasteiger partial charge < -0.3 is 15.0 Å². The van der Waals surface area contributed by atoms with Crippen LogP contribution in [-0.4, -0.2) is 48.1 Å². The van der Waals surface area contributed by atoms with E-state index >= 15 is 0 Å². The van der Waals surface area contributed by atoms with Crippen molar-refractivity contribution >= 4 is 42.1 Å². The zero-order valence-corrected chi connectivity index (χ0v) is 15.8. The Hall–Kier alpha value is -0.400. The van der Waals surface area contributed by atoms with Crippen LogP contribution < -0.4 is 5.32 Å². The van der Waals surface area contributed by atoms with Crippen LogP contribution >= 0.6 is 36.2 Å². The van der Waals surface area contributed by atoms with Gasteiger partial charge in [0.2, 0.25) is 5.91 Å². The van der Waals surface area contributed by atoms with Crippen molar-refractivity contribution in [3.63, 3.8) is 0 Å². The molecule has 8 heteroatoms. The Morgan fingerprint density at radius 1 is 1.48 bits per heavy atom. The van der Waals surface area contributed by atoms with E-state index in [1.807, 2.05) is 11.8 Å². The second kappa shape index (κ2) is 9.79. The van der Waals surface area contributed by atoms with Crippen molar-refractivity contribution in [1.82, 2.24) is 15.2 Å². The van der Waals surface area contributed by atoms with Crippen molar-refractivity contribution in [3.8, 4) is 0 Å². The Morgan fingerprint density at radius 2 is 2.30 bits per heavy atom. The van der Waals surface area contributed by atoms with Crippen LogP contribution in [0.25, 0.3) is 0 Å². The van der Waals surface area contributed by atoms with Gasteiger partial charge in [0, 0.05) is 36.6 Å². The molecular weight excluding hydrogens is 357 g/mol. The third kappa shape index (κ3) is 5.29. The second-order valence-electron chi connectivity index (χ2n) is 5.86. The summed E-state index contributed by atoms with van der Waals surface area (Å²) in [4.78, 5) is 19.3. The number of carbonyl (C=O) groups is 1. The molecule has 0 saturated carbocycles. The number of carbonyl (C=O) groups excluding carboxylic acids is 1. The van der Waals surface area contributed by atoms with E-state index in [9.17, 15) is 4.79 Å². The number of morpholine rings is 1. The molecule has 2 saturated heterocycles. The summed E-state index contributed by atoms with van der Waals surface area (Å²) in [6.07, 6.45) is 3.84. The van der Waals surface area contributed by atoms with Gasteiger partial charge in [-0.3, -0.25) is 4.79 Å². The lowest BCUT2D eigenvalue weighted by Crippen LogP contribution is -2.46. The lowest BCUT2D eigenvalue weighted by Gasteiger charge is -2.36. The number of rotatable bonds is 3. The molecule has 3 heterocycles. The lowest BCUT2D eigenvalue weighted by atomic mass is 10.0. The number of aromatic nitrogens is 1. The highest BCUT2D eigenvalue weighted by molar-refractivity contribution is 7.09. The molecule has 2 fully saturated rings. The molecule has 2 aliphatic heterocycles. The number of thiazole rings is 1. The first-order chi connectivity index (χ1) is 10.2. The first kappa shape index (κ1) is 20.6. The van der Waals surface area contributed by atoms with E-state index in [2.05, 4.69) is 15.7 Å². The van der Waals surface area contributed by atoms with E-state index < -0.39 is 0 Å². The van der Waals surface area contributed by atoms with Crippen molar-refractivity contribution in [2.24, 2.45) is 0 Å². The molecule has 5 nitrogen and oxygen atoms in total. The Labute approximate surface area is 154 Å². The van der Waals surface area contributed by atoms with Gasteiger partial charge in [-0.15, -0.1) is 36.2 Å². The van der Waals surface area contributed by atoms with Crippen LogP contribution in [0.2, 0.25) is 0 Å². The van der Waals surface area contributed by atoms with Gasteiger partial charge in [0.1, 0.15) is 5.01 Å². The first-order valence-electron chi connectivity index (χ1n) is 7.76. The molecule has 2 atom stereocenters. The van der Waals surface area contributed by atoms with Crippen LogP contribution in [0.15, 0.2) is 5.38 Å². The van der Waals surface area contributed by atoms with Crippen LogP contribution in [0.4, 0.5) is 0 Å². The van der Waals surface area contributed by atoms with Gasteiger partial charge in [0.05, 0.1) is 19.3 Å². The number of piperidine rings is 1. The largest absolute Gasteiger partial charge is 0.378 e. The number of hydrogen-bond acceptors (Lipinski definition) is 5. The predicted octanol–water partition coefficient (Wildman–Crippen LogP) is 2.73. The van der Waals surface area contributed by atoms with Crippen LogP contribution in [0.5, 0.6) is 0 Å². The molecule has 0 aromatic carbocycles. The molecular formula is C15H25Cl2N3O2S. The summed E-state index contributed by atoms with van der Waals surface area (Å²) in [7, 11) is 0.